The first-order valence-corrected chi connectivity index (χ1v) is 6.27. The van der Waals surface area contributed by atoms with Gasteiger partial charge in [-0.05, 0) is 31.4 Å². The van der Waals surface area contributed by atoms with Gasteiger partial charge in [-0.2, -0.15) is 5.26 Å². The van der Waals surface area contributed by atoms with Gasteiger partial charge in [-0.3, -0.25) is 4.98 Å². The first-order chi connectivity index (χ1) is 8.90. The van der Waals surface area contributed by atoms with Crippen LogP contribution in [0.3, 0.4) is 0 Å². The minimum Gasteiger partial charge on any atom is -0.326 e. The van der Waals surface area contributed by atoms with Crippen molar-refractivity contribution < 1.29 is 0 Å². The number of hydrogen-bond donors (Lipinski definition) is 0. The normalized spacial score (nSPS) is 13.9. The van der Waals surface area contributed by atoms with Crippen LogP contribution in [0.15, 0.2) is 24.4 Å². The predicted molar refractivity (Wildman–Crippen MR) is 67.7 cm³/mol. The first kappa shape index (κ1) is 11.0. The van der Waals surface area contributed by atoms with Gasteiger partial charge >= 0.3 is 0 Å². The highest BCUT2D eigenvalue weighted by molar-refractivity contribution is 5.52. The highest BCUT2D eigenvalue weighted by Crippen LogP contribution is 2.26. The van der Waals surface area contributed by atoms with E-state index in [1.807, 2.05) is 18.2 Å². The summed E-state index contributed by atoms with van der Waals surface area (Å²) in [6.45, 7) is 0.986. The Labute approximate surface area is 106 Å². The van der Waals surface area contributed by atoms with Crippen molar-refractivity contribution in [1.29, 1.82) is 5.26 Å². The molecular formula is C14H14N4. The summed E-state index contributed by atoms with van der Waals surface area (Å²) in [5.74, 6) is 0.913. The van der Waals surface area contributed by atoms with Crippen LogP contribution in [0.2, 0.25) is 0 Å². The Morgan fingerprint density at radius 2 is 2.28 bits per heavy atom. The van der Waals surface area contributed by atoms with E-state index in [1.165, 1.54) is 18.5 Å². The number of fused-ring (bicyclic) bond motifs is 1. The van der Waals surface area contributed by atoms with Crippen LogP contribution < -0.4 is 0 Å². The molecule has 0 bridgehead atoms. The lowest BCUT2D eigenvalue weighted by Gasteiger charge is -2.16. The van der Waals surface area contributed by atoms with Crippen molar-refractivity contribution in [2.24, 2.45) is 0 Å². The molecule has 3 heterocycles. The number of pyridine rings is 1. The van der Waals surface area contributed by atoms with Crippen molar-refractivity contribution in [2.75, 3.05) is 0 Å². The van der Waals surface area contributed by atoms with E-state index in [1.54, 1.807) is 6.20 Å². The van der Waals surface area contributed by atoms with Gasteiger partial charge in [-0.1, -0.05) is 6.07 Å². The van der Waals surface area contributed by atoms with Crippen LogP contribution >= 0.6 is 0 Å². The van der Waals surface area contributed by atoms with Crippen molar-refractivity contribution in [1.82, 2.24) is 14.5 Å². The van der Waals surface area contributed by atoms with Gasteiger partial charge in [0.15, 0.2) is 5.82 Å². The quantitative estimate of drug-likeness (QED) is 0.807. The van der Waals surface area contributed by atoms with Gasteiger partial charge in [0, 0.05) is 18.4 Å². The Morgan fingerprint density at radius 3 is 3.06 bits per heavy atom. The summed E-state index contributed by atoms with van der Waals surface area (Å²) in [5, 5.41) is 8.89. The molecule has 0 N–H and O–H groups in total. The molecule has 18 heavy (non-hydrogen) atoms. The average molecular weight is 238 g/mol. The molecule has 0 saturated heterocycles. The fourth-order valence-corrected chi connectivity index (χ4v) is 2.53. The van der Waals surface area contributed by atoms with Crippen LogP contribution in [0, 0.1) is 11.3 Å². The number of nitrogens with zero attached hydrogens (tertiary/aromatic N) is 4. The van der Waals surface area contributed by atoms with Gasteiger partial charge in [0.2, 0.25) is 0 Å². The Hall–Kier alpha value is -2.15. The molecule has 0 saturated carbocycles. The van der Waals surface area contributed by atoms with Gasteiger partial charge in [-0.25, -0.2) is 4.98 Å². The summed E-state index contributed by atoms with van der Waals surface area (Å²) in [6.07, 6.45) is 5.56. The minimum absolute atomic E-state index is 0.391. The molecule has 2 aromatic heterocycles. The number of aromatic nitrogens is 3. The third-order valence-electron chi connectivity index (χ3n) is 3.34. The Balaban J connectivity index is 2.13. The van der Waals surface area contributed by atoms with Gasteiger partial charge < -0.3 is 4.57 Å². The third kappa shape index (κ3) is 1.78. The summed E-state index contributed by atoms with van der Waals surface area (Å²) in [7, 11) is 0. The average Bonchev–Trinajstić information content (AvgIpc) is 2.80. The maximum Gasteiger partial charge on any atom is 0.159 e. The van der Waals surface area contributed by atoms with E-state index < -0.39 is 0 Å². The van der Waals surface area contributed by atoms with Crippen molar-refractivity contribution in [2.45, 2.75) is 32.2 Å². The highest BCUT2D eigenvalue weighted by Gasteiger charge is 2.20. The van der Waals surface area contributed by atoms with Gasteiger partial charge in [-0.15, -0.1) is 0 Å². The Bertz CT molecular complexity index is 592. The number of nitriles is 1. The second-order valence-corrected chi connectivity index (χ2v) is 4.49. The van der Waals surface area contributed by atoms with Crippen molar-refractivity contribution in [3.05, 3.63) is 35.8 Å². The third-order valence-corrected chi connectivity index (χ3v) is 3.34. The molecule has 0 aromatic carbocycles. The molecule has 1 aliphatic heterocycles. The number of rotatable bonds is 2. The van der Waals surface area contributed by atoms with Gasteiger partial charge in [0.1, 0.15) is 5.69 Å². The topological polar surface area (TPSA) is 54.5 Å². The van der Waals surface area contributed by atoms with Crippen molar-refractivity contribution >= 4 is 0 Å². The van der Waals surface area contributed by atoms with Crippen LogP contribution in [0.25, 0.3) is 11.5 Å². The monoisotopic (exact) mass is 238 g/mol. The predicted octanol–water partition coefficient (Wildman–Crippen LogP) is 2.35. The second-order valence-electron chi connectivity index (χ2n) is 4.49. The van der Waals surface area contributed by atoms with Crippen molar-refractivity contribution in [3.8, 4) is 17.6 Å². The zero-order valence-electron chi connectivity index (χ0n) is 10.1. The molecule has 4 heteroatoms. The van der Waals surface area contributed by atoms with Crippen LogP contribution in [0.4, 0.5) is 0 Å². The van der Waals surface area contributed by atoms with Crippen LogP contribution in [0.5, 0.6) is 0 Å². The summed E-state index contributed by atoms with van der Waals surface area (Å²) in [6, 6.07) is 8.05. The zero-order valence-corrected chi connectivity index (χ0v) is 10.1. The number of imidazole rings is 1. The fraction of sp³-hybridized carbons (Fsp3) is 0.357. The molecule has 4 nitrogen and oxygen atoms in total. The minimum atomic E-state index is 0.391. The lowest BCUT2D eigenvalue weighted by atomic mass is 10.1. The number of hydrogen-bond acceptors (Lipinski definition) is 3. The maximum atomic E-state index is 8.89. The zero-order chi connectivity index (χ0) is 12.4. The Morgan fingerprint density at radius 1 is 1.33 bits per heavy atom. The second kappa shape index (κ2) is 4.61. The van der Waals surface area contributed by atoms with Gasteiger partial charge in [0.25, 0.3) is 0 Å². The molecule has 2 aromatic rings. The summed E-state index contributed by atoms with van der Waals surface area (Å²) in [4.78, 5) is 8.99. The van der Waals surface area contributed by atoms with Gasteiger partial charge in [0.05, 0.1) is 18.2 Å². The van der Waals surface area contributed by atoms with E-state index in [0.717, 1.165) is 30.2 Å². The van der Waals surface area contributed by atoms with Crippen molar-refractivity contribution in [3.63, 3.8) is 0 Å². The first-order valence-electron chi connectivity index (χ1n) is 6.27. The van der Waals surface area contributed by atoms with Crippen LogP contribution in [-0.4, -0.2) is 14.5 Å². The summed E-state index contributed by atoms with van der Waals surface area (Å²) >= 11 is 0. The lowest BCUT2D eigenvalue weighted by Crippen LogP contribution is -2.12. The molecule has 0 fully saturated rings. The Kier molecular flexibility index (Phi) is 2.81. The lowest BCUT2D eigenvalue weighted by molar-refractivity contribution is 0.533. The summed E-state index contributed by atoms with van der Waals surface area (Å²) < 4.78 is 2.23. The molecule has 0 unspecified atom stereocenters. The highest BCUT2D eigenvalue weighted by atomic mass is 15.1. The van der Waals surface area contributed by atoms with E-state index in [2.05, 4.69) is 20.6 Å². The van der Waals surface area contributed by atoms with E-state index in [4.69, 9.17) is 5.26 Å². The smallest absolute Gasteiger partial charge is 0.159 e. The molecule has 90 valence electrons. The SMILES string of the molecule is N#CCc1nc(-c2ccccn2)n2c1CCCC2. The van der Waals surface area contributed by atoms with Crippen LogP contribution in [-0.2, 0) is 19.4 Å². The molecule has 3 rings (SSSR count). The molecule has 1 aliphatic rings. The molecular weight excluding hydrogens is 224 g/mol. The van der Waals surface area contributed by atoms with Crippen LogP contribution in [0.1, 0.15) is 24.2 Å². The maximum absolute atomic E-state index is 8.89. The van der Waals surface area contributed by atoms with E-state index in [9.17, 15) is 0 Å². The molecule has 0 radical (unpaired) electrons. The standard InChI is InChI=1S/C14H14N4/c15-8-7-11-13-6-2-4-10-18(13)14(17-11)12-5-1-3-9-16-12/h1,3,5,9H,2,4,6-7,10H2. The molecule has 0 aliphatic carbocycles. The molecule has 0 spiro atoms. The summed E-state index contributed by atoms with van der Waals surface area (Å²) in [5.41, 5.74) is 3.05. The largest absolute Gasteiger partial charge is 0.326 e. The van der Waals surface area contributed by atoms with E-state index in [0.29, 0.717) is 6.42 Å². The van der Waals surface area contributed by atoms with E-state index >= 15 is 0 Å². The molecule has 0 atom stereocenters. The molecule has 0 amide bonds. The fourth-order valence-electron chi connectivity index (χ4n) is 2.53. The van der Waals surface area contributed by atoms with E-state index in [-0.39, 0.29) is 0 Å².